The van der Waals surface area contributed by atoms with Gasteiger partial charge in [-0.25, -0.2) is 0 Å². The Bertz CT molecular complexity index is 515. The predicted octanol–water partition coefficient (Wildman–Crippen LogP) is 4.34. The van der Waals surface area contributed by atoms with Crippen molar-refractivity contribution in [1.29, 1.82) is 0 Å². The minimum atomic E-state index is 0.0106. The third-order valence-corrected chi connectivity index (χ3v) is 4.38. The van der Waals surface area contributed by atoms with Crippen molar-refractivity contribution >= 4 is 35.2 Å². The first-order valence-corrected chi connectivity index (χ1v) is 6.73. The van der Waals surface area contributed by atoms with Gasteiger partial charge in [0.1, 0.15) is 0 Å². The Labute approximate surface area is 109 Å². The lowest BCUT2D eigenvalue weighted by Gasteiger charge is -2.09. The number of halogens is 1. The van der Waals surface area contributed by atoms with Crippen LogP contribution < -0.4 is 0 Å². The van der Waals surface area contributed by atoms with Gasteiger partial charge in [0, 0.05) is 24.5 Å². The number of aromatic nitrogens is 1. The van der Waals surface area contributed by atoms with E-state index < -0.39 is 0 Å². The molecule has 1 aromatic carbocycles. The molecule has 0 bridgehead atoms. The van der Waals surface area contributed by atoms with Crippen LogP contribution in [0.4, 0.5) is 0 Å². The van der Waals surface area contributed by atoms with Crippen LogP contribution in [0.25, 0.3) is 0 Å². The lowest BCUT2D eigenvalue weighted by atomic mass is 10.1. The maximum atomic E-state index is 6.38. The Kier molecular flexibility index (Phi) is 3.79. The molecule has 1 heterocycles. The fraction of sp³-hybridized carbons (Fsp3) is 0.250. The fourth-order valence-electron chi connectivity index (χ4n) is 1.54. The van der Waals surface area contributed by atoms with Crippen molar-refractivity contribution < 1.29 is 0 Å². The van der Waals surface area contributed by atoms with Gasteiger partial charge in [-0.1, -0.05) is 30.3 Å². The molecule has 84 valence electrons. The van der Waals surface area contributed by atoms with Crippen LogP contribution in [0.5, 0.6) is 0 Å². The molecule has 0 fully saturated rings. The largest absolute Gasteiger partial charge is 0.330 e. The van der Waals surface area contributed by atoms with Crippen molar-refractivity contribution in [2.75, 3.05) is 0 Å². The summed E-state index contributed by atoms with van der Waals surface area (Å²) in [6, 6.07) is 10.1. The van der Waals surface area contributed by atoms with E-state index in [2.05, 4.69) is 17.5 Å². The van der Waals surface area contributed by atoms with E-state index in [4.69, 9.17) is 23.8 Å². The summed E-state index contributed by atoms with van der Waals surface area (Å²) in [5.74, 6) is 0. The van der Waals surface area contributed by atoms with Crippen LogP contribution >= 0.6 is 35.2 Å². The topological polar surface area (TPSA) is 4.93 Å². The molecule has 0 aliphatic rings. The van der Waals surface area contributed by atoms with Crippen molar-refractivity contribution in [3.8, 4) is 0 Å². The zero-order valence-corrected chi connectivity index (χ0v) is 11.3. The number of alkyl halides is 1. The summed E-state index contributed by atoms with van der Waals surface area (Å²) in [5, 5.41) is 2.09. The van der Waals surface area contributed by atoms with E-state index in [1.165, 1.54) is 5.69 Å². The van der Waals surface area contributed by atoms with Crippen LogP contribution in [0, 0.1) is 3.95 Å². The van der Waals surface area contributed by atoms with Gasteiger partial charge in [-0.05, 0) is 17.8 Å². The van der Waals surface area contributed by atoms with Gasteiger partial charge >= 0.3 is 0 Å². The zero-order chi connectivity index (χ0) is 11.5. The summed E-state index contributed by atoms with van der Waals surface area (Å²) in [4.78, 5) is 0. The van der Waals surface area contributed by atoms with Crippen LogP contribution in [0.1, 0.15) is 16.6 Å². The van der Waals surface area contributed by atoms with Gasteiger partial charge in [0.25, 0.3) is 0 Å². The minimum Gasteiger partial charge on any atom is -0.330 e. The normalized spacial score (nSPS) is 12.6. The lowest BCUT2D eigenvalue weighted by Crippen LogP contribution is -2.01. The second-order valence-corrected chi connectivity index (χ2v) is 5.66. The summed E-state index contributed by atoms with van der Waals surface area (Å²) >= 11 is 13.1. The van der Waals surface area contributed by atoms with Crippen LogP contribution in [-0.4, -0.2) is 4.57 Å². The third-order valence-electron chi connectivity index (χ3n) is 2.55. The monoisotopic (exact) mass is 269 g/mol. The standard InChI is InChI=1S/C12H12ClNS2/c1-14-10(8-16-12(14)15)7-11(13)9-5-3-2-4-6-9/h2-6,8,11H,7H2,1H3. The molecule has 1 aromatic heterocycles. The predicted molar refractivity (Wildman–Crippen MR) is 72.9 cm³/mol. The van der Waals surface area contributed by atoms with E-state index in [1.807, 2.05) is 29.8 Å². The first-order chi connectivity index (χ1) is 7.68. The Morgan fingerprint density at radius 3 is 2.62 bits per heavy atom. The number of hydrogen-bond donors (Lipinski definition) is 0. The minimum absolute atomic E-state index is 0.0106. The Hall–Kier alpha value is -0.640. The smallest absolute Gasteiger partial charge is 0.160 e. The average Bonchev–Trinajstić information content (AvgIpc) is 2.62. The lowest BCUT2D eigenvalue weighted by molar-refractivity contribution is 0.781. The summed E-state index contributed by atoms with van der Waals surface area (Å²) in [6.07, 6.45) is 0.815. The number of benzene rings is 1. The van der Waals surface area contributed by atoms with E-state index in [0.29, 0.717) is 0 Å². The highest BCUT2D eigenvalue weighted by Crippen LogP contribution is 2.25. The van der Waals surface area contributed by atoms with E-state index in [9.17, 15) is 0 Å². The van der Waals surface area contributed by atoms with Crippen molar-refractivity contribution in [1.82, 2.24) is 4.57 Å². The van der Waals surface area contributed by atoms with Gasteiger partial charge in [-0.3, -0.25) is 0 Å². The summed E-state index contributed by atoms with van der Waals surface area (Å²) < 4.78 is 2.92. The Morgan fingerprint density at radius 1 is 1.38 bits per heavy atom. The van der Waals surface area contributed by atoms with E-state index in [0.717, 1.165) is 15.9 Å². The van der Waals surface area contributed by atoms with Gasteiger partial charge in [0.15, 0.2) is 3.95 Å². The van der Waals surface area contributed by atoms with Crippen LogP contribution in [0.2, 0.25) is 0 Å². The molecule has 0 spiro atoms. The van der Waals surface area contributed by atoms with Crippen molar-refractivity contribution in [2.45, 2.75) is 11.8 Å². The summed E-state index contributed by atoms with van der Waals surface area (Å²) in [6.45, 7) is 0. The van der Waals surface area contributed by atoms with E-state index >= 15 is 0 Å². The molecule has 2 rings (SSSR count). The second-order valence-electron chi connectivity index (χ2n) is 3.63. The van der Waals surface area contributed by atoms with Crippen molar-refractivity contribution in [2.24, 2.45) is 7.05 Å². The molecule has 0 saturated carbocycles. The number of hydrogen-bond acceptors (Lipinski definition) is 2. The molecule has 0 radical (unpaired) electrons. The van der Waals surface area contributed by atoms with Crippen LogP contribution in [0.3, 0.4) is 0 Å². The molecule has 4 heteroatoms. The number of nitrogens with zero attached hydrogens (tertiary/aromatic N) is 1. The molecule has 0 aliphatic heterocycles. The van der Waals surface area contributed by atoms with Crippen molar-refractivity contribution in [3.63, 3.8) is 0 Å². The summed E-state index contributed by atoms with van der Waals surface area (Å²) in [5.41, 5.74) is 2.35. The van der Waals surface area contributed by atoms with Gasteiger partial charge < -0.3 is 4.57 Å². The Balaban J connectivity index is 2.17. The van der Waals surface area contributed by atoms with Crippen LogP contribution in [0.15, 0.2) is 35.7 Å². The maximum absolute atomic E-state index is 6.38. The second kappa shape index (κ2) is 5.13. The number of rotatable bonds is 3. The van der Waals surface area contributed by atoms with Crippen molar-refractivity contribution in [3.05, 3.63) is 50.9 Å². The first-order valence-electron chi connectivity index (χ1n) is 5.01. The van der Waals surface area contributed by atoms with Gasteiger partial charge in [0.2, 0.25) is 0 Å². The Morgan fingerprint density at radius 2 is 2.06 bits per heavy atom. The third kappa shape index (κ3) is 2.54. The van der Waals surface area contributed by atoms with Gasteiger partial charge in [0.05, 0.1) is 5.38 Å². The van der Waals surface area contributed by atoms with Gasteiger partial charge in [-0.15, -0.1) is 22.9 Å². The highest BCUT2D eigenvalue weighted by Gasteiger charge is 2.10. The maximum Gasteiger partial charge on any atom is 0.160 e. The SMILES string of the molecule is Cn1c(CC(Cl)c2ccccc2)csc1=S. The molecule has 1 atom stereocenters. The summed E-state index contributed by atoms with van der Waals surface area (Å²) in [7, 11) is 1.99. The highest BCUT2D eigenvalue weighted by atomic mass is 35.5. The van der Waals surface area contributed by atoms with Crippen LogP contribution in [-0.2, 0) is 13.5 Å². The molecule has 1 unspecified atom stereocenters. The molecule has 0 amide bonds. The van der Waals surface area contributed by atoms with E-state index in [1.54, 1.807) is 11.3 Å². The average molecular weight is 270 g/mol. The molecule has 16 heavy (non-hydrogen) atoms. The molecule has 2 aromatic rings. The molecular weight excluding hydrogens is 258 g/mol. The molecule has 1 nitrogen and oxygen atoms in total. The zero-order valence-electron chi connectivity index (χ0n) is 8.89. The highest BCUT2D eigenvalue weighted by molar-refractivity contribution is 7.73. The first kappa shape index (κ1) is 11.8. The number of thiazole rings is 1. The molecule has 0 aliphatic carbocycles. The molecule has 0 N–H and O–H groups in total. The van der Waals surface area contributed by atoms with Gasteiger partial charge in [-0.2, -0.15) is 0 Å². The molecular formula is C12H12ClNS2. The fourth-order valence-corrected chi connectivity index (χ4v) is 2.87. The van der Waals surface area contributed by atoms with E-state index in [-0.39, 0.29) is 5.38 Å². The quantitative estimate of drug-likeness (QED) is 0.593. The molecule has 0 saturated heterocycles.